The van der Waals surface area contributed by atoms with Crippen molar-refractivity contribution in [1.82, 2.24) is 9.97 Å². The molecule has 0 atom stereocenters. The summed E-state index contributed by atoms with van der Waals surface area (Å²) in [5.74, 6) is 0.555. The van der Waals surface area contributed by atoms with Gasteiger partial charge in [0.1, 0.15) is 0 Å². The van der Waals surface area contributed by atoms with Gasteiger partial charge in [-0.15, -0.1) is 0 Å². The number of rotatable bonds is 5. The van der Waals surface area contributed by atoms with E-state index in [1.54, 1.807) is 0 Å². The molecule has 1 saturated carbocycles. The first-order chi connectivity index (χ1) is 25.3. The molecule has 4 heterocycles. The highest BCUT2D eigenvalue weighted by molar-refractivity contribution is 7.00. The Morgan fingerprint density at radius 1 is 0.451 bits per heavy atom. The van der Waals surface area contributed by atoms with Gasteiger partial charge in [0.05, 0.1) is 0 Å². The summed E-state index contributed by atoms with van der Waals surface area (Å²) < 4.78 is 0. The highest BCUT2D eigenvalue weighted by Gasteiger charge is 2.43. The highest BCUT2D eigenvalue weighted by atomic mass is 15.2. The molecule has 1 aliphatic carbocycles. The fraction of sp³-hybridized carbons (Fsp3) is 0.130. The van der Waals surface area contributed by atoms with E-state index in [-0.39, 0.29) is 6.71 Å². The maximum absolute atomic E-state index is 4.24. The highest BCUT2D eigenvalue weighted by Crippen LogP contribution is 2.47. The van der Waals surface area contributed by atoms with Crippen molar-refractivity contribution < 1.29 is 0 Å². The minimum absolute atomic E-state index is 0.127. The van der Waals surface area contributed by atoms with E-state index in [0.717, 1.165) is 0 Å². The second kappa shape index (κ2) is 12.4. The lowest BCUT2D eigenvalue weighted by Crippen LogP contribution is -2.61. The van der Waals surface area contributed by atoms with Crippen LogP contribution in [0.4, 0.5) is 34.1 Å². The number of hydrogen-bond acceptors (Lipinski definition) is 4. The number of benzene rings is 5. The molecule has 0 spiro atoms. The fourth-order valence-corrected chi connectivity index (χ4v) is 8.84. The minimum Gasteiger partial charge on any atom is -0.311 e. The summed E-state index contributed by atoms with van der Waals surface area (Å²) in [5.41, 5.74) is 17.7. The maximum atomic E-state index is 4.24. The van der Waals surface area contributed by atoms with Crippen molar-refractivity contribution in [2.75, 3.05) is 9.80 Å². The summed E-state index contributed by atoms with van der Waals surface area (Å²) >= 11 is 0. The van der Waals surface area contributed by atoms with Crippen molar-refractivity contribution in [3.8, 4) is 22.3 Å². The van der Waals surface area contributed by atoms with Crippen molar-refractivity contribution >= 4 is 57.2 Å². The van der Waals surface area contributed by atoms with Crippen molar-refractivity contribution in [2.24, 2.45) is 0 Å². The summed E-state index contributed by atoms with van der Waals surface area (Å²) in [6.45, 7) is 0.127. The molecule has 5 aromatic carbocycles. The standard InChI is InChI=1S/C46H37BN4/c1-2-8-32(9-3-1)37-30-44-46-45(31-37)51(39-20-16-34(17-21-39)36-24-28-49-29-25-36)43-13-7-5-11-41(43)47(46)40-10-4-6-12-42(40)50(44)38-18-14-33(15-19-38)35-22-26-48-27-23-35/h4-7,10-32H,1-3,8-9H2. The second-order valence-corrected chi connectivity index (χ2v) is 14.1. The van der Waals surface area contributed by atoms with E-state index >= 15 is 0 Å². The molecule has 7 aromatic rings. The van der Waals surface area contributed by atoms with Crippen LogP contribution in [0.25, 0.3) is 22.3 Å². The van der Waals surface area contributed by atoms with E-state index in [2.05, 4.69) is 153 Å². The second-order valence-electron chi connectivity index (χ2n) is 14.1. The maximum Gasteiger partial charge on any atom is 0.252 e. The molecule has 10 rings (SSSR count). The molecule has 0 unspecified atom stereocenters. The molecule has 2 aromatic heterocycles. The van der Waals surface area contributed by atoms with Crippen LogP contribution in [0.1, 0.15) is 43.6 Å². The normalized spacial score (nSPS) is 14.9. The molecule has 3 aliphatic rings. The molecule has 2 aliphatic heterocycles. The molecular weight excluding hydrogens is 619 g/mol. The molecule has 0 radical (unpaired) electrons. The third-order valence-electron chi connectivity index (χ3n) is 11.3. The molecule has 0 N–H and O–H groups in total. The summed E-state index contributed by atoms with van der Waals surface area (Å²) in [6.07, 6.45) is 13.9. The van der Waals surface area contributed by atoms with Crippen molar-refractivity contribution in [3.63, 3.8) is 0 Å². The van der Waals surface area contributed by atoms with Gasteiger partial charge in [0, 0.05) is 58.9 Å². The topological polar surface area (TPSA) is 32.3 Å². The van der Waals surface area contributed by atoms with E-state index in [4.69, 9.17) is 0 Å². The average Bonchev–Trinajstić information content (AvgIpc) is 3.22. The Kier molecular flexibility index (Phi) is 7.30. The molecule has 0 saturated heterocycles. The lowest BCUT2D eigenvalue weighted by atomic mass is 9.33. The number of fused-ring (bicyclic) bond motifs is 4. The van der Waals surface area contributed by atoms with Crippen LogP contribution < -0.4 is 26.2 Å². The molecule has 0 amide bonds. The van der Waals surface area contributed by atoms with E-state index in [9.17, 15) is 0 Å². The first-order valence-electron chi connectivity index (χ1n) is 18.3. The van der Waals surface area contributed by atoms with E-state index in [0.29, 0.717) is 5.92 Å². The molecule has 244 valence electrons. The first kappa shape index (κ1) is 29.9. The number of anilines is 6. The van der Waals surface area contributed by atoms with Crippen LogP contribution in [0.5, 0.6) is 0 Å². The van der Waals surface area contributed by atoms with Crippen molar-refractivity contribution in [2.45, 2.75) is 38.0 Å². The first-order valence-corrected chi connectivity index (χ1v) is 18.3. The molecule has 5 heteroatoms. The van der Waals surface area contributed by atoms with Crippen LogP contribution in [0.15, 0.2) is 158 Å². The lowest BCUT2D eigenvalue weighted by Gasteiger charge is -2.45. The molecular formula is C46H37BN4. The summed E-state index contributed by atoms with van der Waals surface area (Å²) in [7, 11) is 0. The number of nitrogens with zero attached hydrogens (tertiary/aromatic N) is 4. The van der Waals surface area contributed by atoms with Crippen molar-refractivity contribution in [3.05, 3.63) is 164 Å². The Hall–Kier alpha value is -5.94. The van der Waals surface area contributed by atoms with Gasteiger partial charge in [-0.2, -0.15) is 0 Å². The smallest absolute Gasteiger partial charge is 0.252 e. The van der Waals surface area contributed by atoms with Gasteiger partial charge in [0.25, 0.3) is 6.71 Å². The third-order valence-corrected chi connectivity index (χ3v) is 11.3. The summed E-state index contributed by atoms with van der Waals surface area (Å²) in [6, 6.07) is 49.7. The SMILES string of the molecule is c1ccc2c(c1)B1c3ccccc3N(c3ccc(-c4ccncc4)cc3)c3cc(C4CCCCC4)cc(c31)N2c1ccc(-c2ccncc2)cc1. The molecule has 51 heavy (non-hydrogen) atoms. The number of pyridine rings is 2. The number of para-hydroxylation sites is 2. The molecule has 0 bridgehead atoms. The molecule has 4 nitrogen and oxygen atoms in total. The monoisotopic (exact) mass is 656 g/mol. The van der Waals surface area contributed by atoms with E-state index in [1.807, 2.05) is 24.8 Å². The van der Waals surface area contributed by atoms with E-state index < -0.39 is 0 Å². The van der Waals surface area contributed by atoms with Crippen LogP contribution in [-0.2, 0) is 0 Å². The van der Waals surface area contributed by atoms with Crippen LogP contribution in [-0.4, -0.2) is 16.7 Å². The largest absolute Gasteiger partial charge is 0.311 e. The van der Waals surface area contributed by atoms with E-state index in [1.165, 1.54) is 110 Å². The minimum atomic E-state index is 0.127. The number of hydrogen-bond donors (Lipinski definition) is 0. The number of aromatic nitrogens is 2. The zero-order valence-electron chi connectivity index (χ0n) is 28.5. The summed E-state index contributed by atoms with van der Waals surface area (Å²) in [4.78, 5) is 13.5. The van der Waals surface area contributed by atoms with Gasteiger partial charge in [0.2, 0.25) is 0 Å². The van der Waals surface area contributed by atoms with Gasteiger partial charge in [-0.3, -0.25) is 9.97 Å². The van der Waals surface area contributed by atoms with Gasteiger partial charge in [-0.05, 0) is 136 Å². The summed E-state index contributed by atoms with van der Waals surface area (Å²) in [5, 5.41) is 0. The van der Waals surface area contributed by atoms with Crippen LogP contribution in [0.2, 0.25) is 0 Å². The third kappa shape index (κ3) is 5.07. The van der Waals surface area contributed by atoms with Gasteiger partial charge < -0.3 is 9.80 Å². The Bertz CT molecular complexity index is 2200. The zero-order valence-corrected chi connectivity index (χ0v) is 28.5. The Morgan fingerprint density at radius 3 is 1.35 bits per heavy atom. The Balaban J connectivity index is 1.20. The predicted molar refractivity (Wildman–Crippen MR) is 213 cm³/mol. The molecule has 1 fully saturated rings. The quantitative estimate of drug-likeness (QED) is 0.173. The van der Waals surface area contributed by atoms with Crippen LogP contribution >= 0.6 is 0 Å². The Morgan fingerprint density at radius 2 is 0.882 bits per heavy atom. The van der Waals surface area contributed by atoms with Gasteiger partial charge in [-0.1, -0.05) is 79.9 Å². The lowest BCUT2D eigenvalue weighted by molar-refractivity contribution is 0.444. The average molecular weight is 657 g/mol. The predicted octanol–water partition coefficient (Wildman–Crippen LogP) is 9.94. The van der Waals surface area contributed by atoms with Gasteiger partial charge in [-0.25, -0.2) is 0 Å². The van der Waals surface area contributed by atoms with Crippen LogP contribution in [0.3, 0.4) is 0 Å². The zero-order chi connectivity index (χ0) is 33.7. The van der Waals surface area contributed by atoms with Gasteiger partial charge >= 0.3 is 0 Å². The van der Waals surface area contributed by atoms with Crippen LogP contribution in [0, 0.1) is 0 Å². The van der Waals surface area contributed by atoms with Gasteiger partial charge in [0.15, 0.2) is 0 Å². The fourth-order valence-electron chi connectivity index (χ4n) is 8.84. The van der Waals surface area contributed by atoms with Crippen molar-refractivity contribution in [1.29, 1.82) is 0 Å². The Labute approximate surface area is 300 Å².